The Kier molecular flexibility index (Phi) is 4.98. The molecule has 4 heterocycles. The van der Waals surface area contributed by atoms with Gasteiger partial charge in [0, 0.05) is 31.4 Å². The number of carbonyl (C=O) groups is 1. The van der Waals surface area contributed by atoms with E-state index in [9.17, 15) is 9.59 Å². The van der Waals surface area contributed by atoms with Gasteiger partial charge in [0.15, 0.2) is 11.5 Å². The zero-order chi connectivity index (χ0) is 20.7. The van der Waals surface area contributed by atoms with Crippen LogP contribution in [-0.4, -0.2) is 59.3 Å². The van der Waals surface area contributed by atoms with Gasteiger partial charge in [0.05, 0.1) is 5.69 Å². The first kappa shape index (κ1) is 19.2. The molecular formula is C23H27N3O4. The molecule has 1 aromatic heterocycles. The number of aromatic nitrogens is 1. The number of aryl methyl sites for hydroxylation is 1. The summed E-state index contributed by atoms with van der Waals surface area (Å²) in [5.41, 5.74) is 1.34. The molecule has 5 rings (SSSR count). The topological polar surface area (TPSA) is 64.0 Å². The van der Waals surface area contributed by atoms with Gasteiger partial charge in [-0.05, 0) is 69.5 Å². The van der Waals surface area contributed by atoms with Crippen LogP contribution in [0, 0.1) is 6.92 Å². The van der Waals surface area contributed by atoms with E-state index in [1.54, 1.807) is 24.4 Å². The number of pyridine rings is 1. The number of fused-ring (bicyclic) bond motifs is 1. The van der Waals surface area contributed by atoms with Gasteiger partial charge in [-0.2, -0.15) is 0 Å². The average molecular weight is 409 g/mol. The Morgan fingerprint density at radius 2 is 1.73 bits per heavy atom. The monoisotopic (exact) mass is 409 g/mol. The minimum absolute atomic E-state index is 0.160. The van der Waals surface area contributed by atoms with Crippen LogP contribution in [0.15, 0.2) is 35.3 Å². The van der Waals surface area contributed by atoms with Crippen LogP contribution >= 0.6 is 0 Å². The molecule has 1 amide bonds. The van der Waals surface area contributed by atoms with Crippen molar-refractivity contribution in [1.82, 2.24) is 14.4 Å². The van der Waals surface area contributed by atoms with E-state index in [1.807, 2.05) is 17.9 Å². The predicted octanol–water partition coefficient (Wildman–Crippen LogP) is 2.58. The maximum absolute atomic E-state index is 13.3. The van der Waals surface area contributed by atoms with E-state index in [-0.39, 0.29) is 23.8 Å². The quantitative estimate of drug-likeness (QED) is 0.780. The van der Waals surface area contributed by atoms with Crippen LogP contribution in [0.25, 0.3) is 5.69 Å². The summed E-state index contributed by atoms with van der Waals surface area (Å²) in [6.45, 7) is 5.77. The summed E-state index contributed by atoms with van der Waals surface area (Å²) in [7, 11) is 0. The van der Waals surface area contributed by atoms with E-state index in [4.69, 9.17) is 9.47 Å². The van der Waals surface area contributed by atoms with Crippen LogP contribution in [0.3, 0.4) is 0 Å². The van der Waals surface area contributed by atoms with Crippen molar-refractivity contribution in [3.05, 3.63) is 51.9 Å². The molecule has 30 heavy (non-hydrogen) atoms. The molecule has 2 fully saturated rings. The van der Waals surface area contributed by atoms with Gasteiger partial charge >= 0.3 is 0 Å². The highest BCUT2D eigenvalue weighted by molar-refractivity contribution is 5.95. The Balaban J connectivity index is 1.38. The van der Waals surface area contributed by atoms with Crippen molar-refractivity contribution in [3.8, 4) is 17.2 Å². The van der Waals surface area contributed by atoms with E-state index in [2.05, 4.69) is 4.90 Å². The summed E-state index contributed by atoms with van der Waals surface area (Å²) in [5, 5.41) is 0. The van der Waals surface area contributed by atoms with Gasteiger partial charge in [-0.15, -0.1) is 0 Å². The van der Waals surface area contributed by atoms with Crippen LogP contribution in [0.5, 0.6) is 11.5 Å². The predicted molar refractivity (Wildman–Crippen MR) is 113 cm³/mol. The minimum Gasteiger partial charge on any atom is -0.454 e. The third kappa shape index (κ3) is 3.37. The highest BCUT2D eigenvalue weighted by atomic mass is 16.7. The molecule has 0 saturated carbocycles. The summed E-state index contributed by atoms with van der Waals surface area (Å²) in [6, 6.07) is 7.76. The third-order valence-corrected chi connectivity index (χ3v) is 6.56. The van der Waals surface area contributed by atoms with Crippen molar-refractivity contribution in [1.29, 1.82) is 0 Å². The normalized spacial score (nSPS) is 19.4. The molecule has 0 unspecified atom stereocenters. The van der Waals surface area contributed by atoms with E-state index >= 15 is 0 Å². The number of benzene rings is 1. The van der Waals surface area contributed by atoms with Crippen molar-refractivity contribution in [2.75, 3.05) is 33.0 Å². The Hall–Kier alpha value is -2.80. The fourth-order valence-electron chi connectivity index (χ4n) is 4.82. The summed E-state index contributed by atoms with van der Waals surface area (Å²) in [4.78, 5) is 31.0. The Bertz CT molecular complexity index is 1020. The number of rotatable bonds is 3. The van der Waals surface area contributed by atoms with E-state index < -0.39 is 0 Å². The van der Waals surface area contributed by atoms with Crippen molar-refractivity contribution in [3.63, 3.8) is 0 Å². The second-order valence-electron chi connectivity index (χ2n) is 8.35. The molecule has 0 radical (unpaired) electrons. The highest BCUT2D eigenvalue weighted by Gasteiger charge is 2.30. The first-order valence-electron chi connectivity index (χ1n) is 10.8. The minimum atomic E-state index is -0.291. The maximum Gasteiger partial charge on any atom is 0.268 e. The van der Waals surface area contributed by atoms with E-state index in [0.29, 0.717) is 41.9 Å². The molecule has 0 aliphatic carbocycles. The van der Waals surface area contributed by atoms with Crippen molar-refractivity contribution >= 4 is 5.91 Å². The zero-order valence-corrected chi connectivity index (χ0v) is 17.3. The third-order valence-electron chi connectivity index (χ3n) is 6.56. The number of carbonyl (C=O) groups excluding carboxylic acids is 1. The van der Waals surface area contributed by atoms with Gasteiger partial charge in [-0.25, -0.2) is 0 Å². The molecule has 0 spiro atoms. The van der Waals surface area contributed by atoms with Crippen LogP contribution in [0.4, 0.5) is 0 Å². The zero-order valence-electron chi connectivity index (χ0n) is 17.3. The summed E-state index contributed by atoms with van der Waals surface area (Å²) >= 11 is 0. The van der Waals surface area contributed by atoms with Crippen molar-refractivity contribution in [2.24, 2.45) is 0 Å². The summed E-state index contributed by atoms with van der Waals surface area (Å²) in [6.07, 6.45) is 6.23. The lowest BCUT2D eigenvalue weighted by atomic mass is 10.0. The molecule has 3 aliphatic heterocycles. The number of amides is 1. The number of piperidine rings is 1. The van der Waals surface area contributed by atoms with Gasteiger partial charge in [0.2, 0.25) is 6.79 Å². The van der Waals surface area contributed by atoms with E-state index in [0.717, 1.165) is 12.8 Å². The number of nitrogens with zero attached hydrogens (tertiary/aromatic N) is 3. The SMILES string of the molecule is Cc1ccn(-c2ccc3c(c2)OCO3)c(=O)c1C(=O)N1CCC(N2CCCC2)CC1. The number of likely N-dealkylation sites (tertiary alicyclic amines) is 2. The molecule has 2 saturated heterocycles. The van der Waals surface area contributed by atoms with Gasteiger partial charge in [0.25, 0.3) is 11.5 Å². The van der Waals surface area contributed by atoms with Crippen LogP contribution < -0.4 is 15.0 Å². The van der Waals surface area contributed by atoms with Crippen molar-refractivity contribution < 1.29 is 14.3 Å². The lowest BCUT2D eigenvalue weighted by Crippen LogP contribution is -2.47. The van der Waals surface area contributed by atoms with Gasteiger partial charge in [-0.3, -0.25) is 14.2 Å². The first-order chi connectivity index (χ1) is 14.6. The summed E-state index contributed by atoms with van der Waals surface area (Å²) < 4.78 is 12.3. The molecule has 7 nitrogen and oxygen atoms in total. The van der Waals surface area contributed by atoms with Gasteiger partial charge in [0.1, 0.15) is 5.56 Å². The molecule has 2 aromatic rings. The van der Waals surface area contributed by atoms with Crippen LogP contribution in [0.1, 0.15) is 41.6 Å². The second kappa shape index (κ2) is 7.80. The van der Waals surface area contributed by atoms with E-state index in [1.165, 1.54) is 30.5 Å². The molecular weight excluding hydrogens is 382 g/mol. The van der Waals surface area contributed by atoms with Crippen molar-refractivity contribution in [2.45, 2.75) is 38.6 Å². The summed E-state index contributed by atoms with van der Waals surface area (Å²) in [5.74, 6) is 1.11. The fraction of sp³-hybridized carbons (Fsp3) is 0.478. The number of hydrogen-bond acceptors (Lipinski definition) is 5. The maximum atomic E-state index is 13.3. The molecule has 3 aliphatic rings. The lowest BCUT2D eigenvalue weighted by molar-refractivity contribution is 0.0641. The number of ether oxygens (including phenoxy) is 2. The molecule has 158 valence electrons. The van der Waals surface area contributed by atoms with Gasteiger partial charge in [-0.1, -0.05) is 0 Å². The molecule has 0 N–H and O–H groups in total. The lowest BCUT2D eigenvalue weighted by Gasteiger charge is -2.36. The Morgan fingerprint density at radius 3 is 2.50 bits per heavy atom. The standard InChI is InChI=1S/C23H27N3O4/c1-16-6-13-26(18-4-5-19-20(14-18)30-15-29-19)23(28)21(16)22(27)25-11-7-17(8-12-25)24-9-2-3-10-24/h4-6,13-14,17H,2-3,7-12,15H2,1H3. The second-order valence-corrected chi connectivity index (χ2v) is 8.35. The largest absolute Gasteiger partial charge is 0.454 e. The Labute approximate surface area is 175 Å². The van der Waals surface area contributed by atoms with Crippen LogP contribution in [-0.2, 0) is 0 Å². The average Bonchev–Trinajstić information content (AvgIpc) is 3.45. The molecule has 1 aromatic carbocycles. The van der Waals surface area contributed by atoms with Gasteiger partial charge < -0.3 is 19.3 Å². The fourth-order valence-corrected chi connectivity index (χ4v) is 4.82. The van der Waals surface area contributed by atoms with Crippen LogP contribution in [0.2, 0.25) is 0 Å². The molecule has 0 bridgehead atoms. The molecule has 7 heteroatoms. The molecule has 0 atom stereocenters. The smallest absolute Gasteiger partial charge is 0.268 e. The number of hydrogen-bond donors (Lipinski definition) is 0. The highest BCUT2D eigenvalue weighted by Crippen LogP contribution is 2.33. The first-order valence-corrected chi connectivity index (χ1v) is 10.8. The Morgan fingerprint density at radius 1 is 1.00 bits per heavy atom.